The second-order valence-corrected chi connectivity index (χ2v) is 7.71. The van der Waals surface area contributed by atoms with Gasteiger partial charge in [-0.1, -0.05) is 0 Å². The quantitative estimate of drug-likeness (QED) is 0.846. The lowest BCUT2D eigenvalue weighted by atomic mass is 10.00. The van der Waals surface area contributed by atoms with Crippen LogP contribution in [0, 0.1) is 12.8 Å². The molecule has 5 nitrogen and oxygen atoms in total. The standard InChI is InChI=1S/C14H22N2O3S/c1-11-6-7-13(19-2)14(15-11)16-8-4-5-12(9-16)10-20(3,17)18/h6-7,12H,4-5,8-10H2,1-3H3. The van der Waals surface area contributed by atoms with Crippen LogP contribution in [-0.2, 0) is 9.84 Å². The van der Waals surface area contributed by atoms with Crippen molar-refractivity contribution in [2.75, 3.05) is 37.1 Å². The van der Waals surface area contributed by atoms with Gasteiger partial charge in [-0.05, 0) is 37.8 Å². The Morgan fingerprint density at radius 1 is 1.45 bits per heavy atom. The molecule has 0 spiro atoms. The lowest BCUT2D eigenvalue weighted by Crippen LogP contribution is -2.38. The van der Waals surface area contributed by atoms with Crippen molar-refractivity contribution in [3.8, 4) is 5.75 Å². The Hall–Kier alpha value is -1.30. The molecule has 0 aliphatic carbocycles. The van der Waals surface area contributed by atoms with Crippen molar-refractivity contribution >= 4 is 15.7 Å². The molecule has 20 heavy (non-hydrogen) atoms. The van der Waals surface area contributed by atoms with E-state index in [-0.39, 0.29) is 11.7 Å². The van der Waals surface area contributed by atoms with Crippen LogP contribution in [0.5, 0.6) is 5.75 Å². The molecule has 1 unspecified atom stereocenters. The van der Waals surface area contributed by atoms with E-state index in [0.717, 1.165) is 43.2 Å². The van der Waals surface area contributed by atoms with Gasteiger partial charge in [0.05, 0.1) is 12.9 Å². The van der Waals surface area contributed by atoms with Gasteiger partial charge < -0.3 is 9.64 Å². The highest BCUT2D eigenvalue weighted by Gasteiger charge is 2.25. The SMILES string of the molecule is COc1ccc(C)nc1N1CCCC(CS(C)(=O)=O)C1. The number of hydrogen-bond acceptors (Lipinski definition) is 5. The summed E-state index contributed by atoms with van der Waals surface area (Å²) >= 11 is 0. The molecular weight excluding hydrogens is 276 g/mol. The second-order valence-electron chi connectivity index (χ2n) is 5.53. The number of methoxy groups -OCH3 is 1. The predicted octanol–water partition coefficient (Wildman–Crippen LogP) is 1.66. The minimum Gasteiger partial charge on any atom is -0.493 e. The van der Waals surface area contributed by atoms with E-state index in [1.165, 1.54) is 6.26 Å². The van der Waals surface area contributed by atoms with E-state index in [4.69, 9.17) is 4.74 Å². The number of sulfone groups is 1. The first-order valence-electron chi connectivity index (χ1n) is 6.83. The van der Waals surface area contributed by atoms with Crippen LogP contribution in [0.15, 0.2) is 12.1 Å². The third kappa shape index (κ3) is 3.85. The predicted molar refractivity (Wildman–Crippen MR) is 80.2 cm³/mol. The number of pyridine rings is 1. The first-order valence-corrected chi connectivity index (χ1v) is 8.89. The van der Waals surface area contributed by atoms with Gasteiger partial charge in [0.1, 0.15) is 9.84 Å². The molecule has 0 aromatic carbocycles. The summed E-state index contributed by atoms with van der Waals surface area (Å²) in [5.74, 6) is 1.99. The van der Waals surface area contributed by atoms with E-state index in [1.54, 1.807) is 7.11 Å². The molecule has 1 fully saturated rings. The van der Waals surface area contributed by atoms with Crippen molar-refractivity contribution in [3.63, 3.8) is 0 Å². The molecular formula is C14H22N2O3S. The summed E-state index contributed by atoms with van der Waals surface area (Å²) in [5, 5.41) is 0. The van der Waals surface area contributed by atoms with Crippen LogP contribution in [0.25, 0.3) is 0 Å². The highest BCUT2D eigenvalue weighted by Crippen LogP contribution is 2.30. The summed E-state index contributed by atoms with van der Waals surface area (Å²) in [6.07, 6.45) is 3.24. The Kier molecular flexibility index (Phi) is 4.52. The summed E-state index contributed by atoms with van der Waals surface area (Å²) in [5.41, 5.74) is 0.936. The second kappa shape index (κ2) is 5.99. The summed E-state index contributed by atoms with van der Waals surface area (Å²) in [7, 11) is -1.30. The number of anilines is 1. The summed E-state index contributed by atoms with van der Waals surface area (Å²) in [6, 6.07) is 3.83. The van der Waals surface area contributed by atoms with Crippen molar-refractivity contribution in [1.82, 2.24) is 4.98 Å². The largest absolute Gasteiger partial charge is 0.493 e. The average Bonchev–Trinajstić information content (AvgIpc) is 2.37. The molecule has 1 saturated heterocycles. The molecule has 0 saturated carbocycles. The van der Waals surface area contributed by atoms with Gasteiger partial charge in [0.2, 0.25) is 0 Å². The Labute approximate surface area is 120 Å². The Balaban J connectivity index is 2.18. The fourth-order valence-corrected chi connectivity index (χ4v) is 3.87. The molecule has 1 aromatic heterocycles. The van der Waals surface area contributed by atoms with Gasteiger partial charge in [-0.15, -0.1) is 0 Å². The van der Waals surface area contributed by atoms with E-state index in [2.05, 4.69) is 9.88 Å². The summed E-state index contributed by atoms with van der Waals surface area (Å²) < 4.78 is 28.3. The highest BCUT2D eigenvalue weighted by atomic mass is 32.2. The number of ether oxygens (including phenoxy) is 1. The molecule has 0 amide bonds. The number of aryl methyl sites for hydroxylation is 1. The van der Waals surface area contributed by atoms with E-state index >= 15 is 0 Å². The smallest absolute Gasteiger partial charge is 0.171 e. The van der Waals surface area contributed by atoms with Gasteiger partial charge in [0.25, 0.3) is 0 Å². The molecule has 0 bridgehead atoms. The maximum Gasteiger partial charge on any atom is 0.171 e. The Morgan fingerprint density at radius 3 is 2.85 bits per heavy atom. The zero-order valence-electron chi connectivity index (χ0n) is 12.3. The zero-order valence-corrected chi connectivity index (χ0v) is 13.1. The van der Waals surface area contributed by atoms with Crippen molar-refractivity contribution in [2.45, 2.75) is 19.8 Å². The molecule has 6 heteroatoms. The van der Waals surface area contributed by atoms with Crippen molar-refractivity contribution < 1.29 is 13.2 Å². The molecule has 0 N–H and O–H groups in total. The fraction of sp³-hybridized carbons (Fsp3) is 0.643. The van der Waals surface area contributed by atoms with Crippen molar-refractivity contribution in [1.29, 1.82) is 0 Å². The number of nitrogens with zero attached hydrogens (tertiary/aromatic N) is 2. The van der Waals surface area contributed by atoms with Gasteiger partial charge in [-0.2, -0.15) is 0 Å². The Bertz CT molecular complexity index is 572. The number of aromatic nitrogens is 1. The minimum atomic E-state index is -2.93. The van der Waals surface area contributed by atoms with Crippen LogP contribution in [0.3, 0.4) is 0 Å². The number of piperidine rings is 1. The Morgan fingerprint density at radius 2 is 2.20 bits per heavy atom. The highest BCUT2D eigenvalue weighted by molar-refractivity contribution is 7.90. The molecule has 1 aliphatic rings. The number of rotatable bonds is 4. The molecule has 0 radical (unpaired) electrons. The van der Waals surface area contributed by atoms with Crippen LogP contribution in [0.4, 0.5) is 5.82 Å². The van der Waals surface area contributed by atoms with Crippen molar-refractivity contribution in [3.05, 3.63) is 17.8 Å². The lowest BCUT2D eigenvalue weighted by Gasteiger charge is -2.34. The van der Waals surface area contributed by atoms with Gasteiger partial charge in [0, 0.05) is 25.0 Å². The van der Waals surface area contributed by atoms with Gasteiger partial charge >= 0.3 is 0 Å². The molecule has 1 aromatic rings. The van der Waals surface area contributed by atoms with E-state index in [0.29, 0.717) is 0 Å². The average molecular weight is 298 g/mol. The van der Waals surface area contributed by atoms with E-state index in [1.807, 2.05) is 19.1 Å². The summed E-state index contributed by atoms with van der Waals surface area (Å²) in [4.78, 5) is 6.69. The van der Waals surface area contributed by atoms with Gasteiger partial charge in [0.15, 0.2) is 11.6 Å². The molecule has 1 atom stereocenters. The van der Waals surface area contributed by atoms with Crippen LogP contribution in [0.2, 0.25) is 0 Å². The molecule has 1 aliphatic heterocycles. The zero-order chi connectivity index (χ0) is 14.8. The van der Waals surface area contributed by atoms with Crippen LogP contribution < -0.4 is 9.64 Å². The van der Waals surface area contributed by atoms with Gasteiger partial charge in [-0.3, -0.25) is 0 Å². The monoisotopic (exact) mass is 298 g/mol. The van der Waals surface area contributed by atoms with Crippen LogP contribution in [-0.4, -0.2) is 45.6 Å². The van der Waals surface area contributed by atoms with Gasteiger partial charge in [-0.25, -0.2) is 13.4 Å². The lowest BCUT2D eigenvalue weighted by molar-refractivity contribution is 0.401. The molecule has 2 heterocycles. The first kappa shape index (κ1) is 15.1. The normalized spacial score (nSPS) is 19.9. The topological polar surface area (TPSA) is 59.5 Å². The van der Waals surface area contributed by atoms with Crippen LogP contribution in [0.1, 0.15) is 18.5 Å². The van der Waals surface area contributed by atoms with E-state index in [9.17, 15) is 8.42 Å². The number of hydrogen-bond donors (Lipinski definition) is 0. The first-order chi connectivity index (χ1) is 9.39. The minimum absolute atomic E-state index is 0.172. The van der Waals surface area contributed by atoms with Crippen molar-refractivity contribution in [2.24, 2.45) is 5.92 Å². The summed E-state index contributed by atoms with van der Waals surface area (Å²) in [6.45, 7) is 3.56. The maximum absolute atomic E-state index is 11.5. The van der Waals surface area contributed by atoms with E-state index < -0.39 is 9.84 Å². The third-order valence-corrected chi connectivity index (χ3v) is 4.63. The fourth-order valence-electron chi connectivity index (χ4n) is 2.74. The molecule has 112 valence electrons. The maximum atomic E-state index is 11.5. The molecule has 2 rings (SSSR count). The third-order valence-electron chi connectivity index (χ3n) is 3.56. The van der Waals surface area contributed by atoms with Crippen LogP contribution >= 0.6 is 0 Å².